The van der Waals surface area contributed by atoms with E-state index < -0.39 is 5.82 Å². The van der Waals surface area contributed by atoms with Gasteiger partial charge in [0.15, 0.2) is 5.16 Å². The Balaban J connectivity index is 1.66. The molecule has 0 aliphatic carbocycles. The molecule has 2 aromatic heterocycles. The third-order valence-electron chi connectivity index (χ3n) is 4.16. The minimum atomic E-state index is -0.412. The van der Waals surface area contributed by atoms with Crippen molar-refractivity contribution in [1.29, 1.82) is 0 Å². The molecule has 2 aromatic carbocycles. The molecule has 0 saturated carbocycles. The van der Waals surface area contributed by atoms with Gasteiger partial charge < -0.3 is 5.32 Å². The number of rotatable bonds is 5. The molecule has 0 aliphatic rings. The summed E-state index contributed by atoms with van der Waals surface area (Å²) in [6.45, 7) is 0. The lowest BCUT2D eigenvalue weighted by atomic mass is 10.2. The number of aromatic nitrogens is 3. The van der Waals surface area contributed by atoms with Crippen molar-refractivity contribution in [1.82, 2.24) is 14.5 Å². The zero-order chi connectivity index (χ0) is 21.1. The Bertz CT molecular complexity index is 1280. The van der Waals surface area contributed by atoms with Gasteiger partial charge in [0, 0.05) is 6.20 Å². The monoisotopic (exact) mass is 440 g/mol. The lowest BCUT2D eigenvalue weighted by Crippen LogP contribution is -2.23. The molecule has 9 heteroatoms. The zero-order valence-electron chi connectivity index (χ0n) is 15.4. The first kappa shape index (κ1) is 20.1. The van der Waals surface area contributed by atoms with Crippen LogP contribution in [0.25, 0.3) is 16.6 Å². The maximum Gasteiger partial charge on any atom is 0.266 e. The third-order valence-corrected chi connectivity index (χ3v) is 5.32. The van der Waals surface area contributed by atoms with Crippen molar-refractivity contribution >= 4 is 46.0 Å². The molecule has 0 atom stereocenters. The quantitative estimate of drug-likeness (QED) is 0.370. The summed E-state index contributed by atoms with van der Waals surface area (Å²) in [5.74, 6) is -0.365. The van der Waals surface area contributed by atoms with E-state index in [-0.39, 0.29) is 17.2 Å². The highest BCUT2D eigenvalue weighted by molar-refractivity contribution is 7.99. The molecule has 2 heterocycles. The van der Waals surface area contributed by atoms with Crippen LogP contribution in [-0.2, 0) is 4.79 Å². The summed E-state index contributed by atoms with van der Waals surface area (Å²) in [6, 6.07) is 15.7. The van der Waals surface area contributed by atoms with Gasteiger partial charge in [-0.05, 0) is 48.5 Å². The lowest BCUT2D eigenvalue weighted by molar-refractivity contribution is -0.113. The number of nitrogens with zero attached hydrogens (tertiary/aromatic N) is 3. The summed E-state index contributed by atoms with van der Waals surface area (Å²) in [4.78, 5) is 34.0. The van der Waals surface area contributed by atoms with E-state index in [1.807, 2.05) is 0 Å². The van der Waals surface area contributed by atoms with E-state index in [1.54, 1.807) is 36.4 Å². The van der Waals surface area contributed by atoms with Crippen molar-refractivity contribution in [2.24, 2.45) is 0 Å². The smallest absolute Gasteiger partial charge is 0.266 e. The first-order valence-corrected chi connectivity index (χ1v) is 10.2. The van der Waals surface area contributed by atoms with E-state index in [0.717, 1.165) is 11.8 Å². The number of hydrogen-bond acceptors (Lipinski definition) is 5. The second kappa shape index (κ2) is 8.64. The fourth-order valence-corrected chi connectivity index (χ4v) is 3.71. The number of hydrogen-bond donors (Lipinski definition) is 1. The molecule has 0 fully saturated rings. The Kier molecular flexibility index (Phi) is 5.78. The van der Waals surface area contributed by atoms with Crippen LogP contribution in [0, 0.1) is 5.82 Å². The van der Waals surface area contributed by atoms with Crippen LogP contribution in [0.1, 0.15) is 0 Å². The summed E-state index contributed by atoms with van der Waals surface area (Å²) in [5.41, 5.74) is 0.680. The average molecular weight is 441 g/mol. The molecule has 1 amide bonds. The van der Waals surface area contributed by atoms with Crippen molar-refractivity contribution in [2.45, 2.75) is 5.16 Å². The van der Waals surface area contributed by atoms with E-state index in [9.17, 15) is 14.0 Å². The predicted octanol–water partition coefficient (Wildman–Crippen LogP) is 4.30. The average Bonchev–Trinajstić information content (AvgIpc) is 2.75. The van der Waals surface area contributed by atoms with E-state index in [0.29, 0.717) is 32.6 Å². The number of anilines is 1. The van der Waals surface area contributed by atoms with Gasteiger partial charge >= 0.3 is 0 Å². The van der Waals surface area contributed by atoms with Crippen LogP contribution in [0.3, 0.4) is 0 Å². The largest absolute Gasteiger partial charge is 0.310 e. The highest BCUT2D eigenvalue weighted by Gasteiger charge is 2.15. The van der Waals surface area contributed by atoms with Gasteiger partial charge in [0.05, 0.1) is 27.4 Å². The number of nitrogens with one attached hydrogen (secondary N) is 1. The summed E-state index contributed by atoms with van der Waals surface area (Å²) in [5, 5.41) is 3.88. The Morgan fingerprint density at radius 2 is 1.87 bits per heavy atom. The van der Waals surface area contributed by atoms with Gasteiger partial charge in [0.1, 0.15) is 11.6 Å². The number of fused-ring (bicyclic) bond motifs is 1. The standard InChI is InChI=1S/C21H14ClFN4O2S/c22-13-5-10-18(24-11-13)26-19(28)12-30-21-25-17-4-2-1-3-16(17)20(29)27(21)15-8-6-14(23)7-9-15/h1-11H,12H2,(H,24,26,28). The van der Waals surface area contributed by atoms with E-state index in [4.69, 9.17) is 11.6 Å². The number of para-hydroxylation sites is 1. The molecule has 0 saturated heterocycles. The van der Waals surface area contributed by atoms with Crippen molar-refractivity contribution in [3.63, 3.8) is 0 Å². The predicted molar refractivity (Wildman–Crippen MR) is 116 cm³/mol. The Morgan fingerprint density at radius 3 is 2.60 bits per heavy atom. The molecule has 0 spiro atoms. The molecule has 30 heavy (non-hydrogen) atoms. The van der Waals surface area contributed by atoms with Gasteiger partial charge in [-0.3, -0.25) is 14.2 Å². The minimum Gasteiger partial charge on any atom is -0.310 e. The van der Waals surface area contributed by atoms with E-state index in [2.05, 4.69) is 15.3 Å². The van der Waals surface area contributed by atoms with Gasteiger partial charge in [-0.25, -0.2) is 14.4 Å². The molecule has 1 N–H and O–H groups in total. The van der Waals surface area contributed by atoms with Crippen LogP contribution in [0.5, 0.6) is 0 Å². The molecule has 150 valence electrons. The fourth-order valence-electron chi connectivity index (χ4n) is 2.79. The number of halogens is 2. The van der Waals surface area contributed by atoms with Crippen LogP contribution in [-0.4, -0.2) is 26.2 Å². The Morgan fingerprint density at radius 1 is 1.10 bits per heavy atom. The summed E-state index contributed by atoms with van der Waals surface area (Å²) in [7, 11) is 0. The van der Waals surface area contributed by atoms with Gasteiger partial charge in [0.2, 0.25) is 5.91 Å². The van der Waals surface area contributed by atoms with Crippen molar-refractivity contribution in [3.8, 4) is 5.69 Å². The molecule has 4 aromatic rings. The van der Waals surface area contributed by atoms with Gasteiger partial charge in [-0.2, -0.15) is 0 Å². The number of amides is 1. The number of benzene rings is 2. The van der Waals surface area contributed by atoms with Gasteiger partial charge in [-0.15, -0.1) is 0 Å². The molecule has 0 aliphatic heterocycles. The normalized spacial score (nSPS) is 10.9. The number of thioether (sulfide) groups is 1. The molecule has 4 rings (SSSR count). The number of pyridine rings is 1. The van der Waals surface area contributed by atoms with Gasteiger partial charge in [-0.1, -0.05) is 35.5 Å². The SMILES string of the molecule is O=C(CSc1nc2ccccc2c(=O)n1-c1ccc(F)cc1)Nc1ccc(Cl)cn1. The van der Waals surface area contributed by atoms with Gasteiger partial charge in [0.25, 0.3) is 5.56 Å². The first-order chi connectivity index (χ1) is 14.5. The van der Waals surface area contributed by atoms with E-state index in [1.165, 1.54) is 35.0 Å². The van der Waals surface area contributed by atoms with Crippen molar-refractivity contribution in [2.75, 3.05) is 11.1 Å². The summed E-state index contributed by atoms with van der Waals surface area (Å²) in [6.07, 6.45) is 1.43. The zero-order valence-corrected chi connectivity index (χ0v) is 17.0. The highest BCUT2D eigenvalue weighted by atomic mass is 35.5. The molecule has 0 bridgehead atoms. The van der Waals surface area contributed by atoms with Crippen LogP contribution in [0.4, 0.5) is 10.2 Å². The Labute approximate surface area is 179 Å². The second-order valence-corrected chi connectivity index (χ2v) is 7.61. The number of carbonyl (C=O) groups excluding carboxylic acids is 1. The molecular formula is C21H14ClFN4O2S. The maximum atomic E-state index is 13.4. The topological polar surface area (TPSA) is 76.9 Å². The first-order valence-electron chi connectivity index (χ1n) is 8.83. The molecule has 0 radical (unpaired) electrons. The maximum absolute atomic E-state index is 13.4. The molecule has 0 unspecified atom stereocenters. The van der Waals surface area contributed by atoms with E-state index >= 15 is 0 Å². The Hall–Kier alpha value is -3.23. The van der Waals surface area contributed by atoms with Crippen LogP contribution in [0.15, 0.2) is 76.8 Å². The van der Waals surface area contributed by atoms with Crippen LogP contribution >= 0.6 is 23.4 Å². The number of carbonyl (C=O) groups is 1. The fraction of sp³-hybridized carbons (Fsp3) is 0.0476. The van der Waals surface area contributed by atoms with Crippen LogP contribution < -0.4 is 10.9 Å². The summed E-state index contributed by atoms with van der Waals surface area (Å²) >= 11 is 6.89. The van der Waals surface area contributed by atoms with Crippen molar-refractivity contribution < 1.29 is 9.18 Å². The summed E-state index contributed by atoms with van der Waals surface area (Å²) < 4.78 is 14.7. The molecule has 6 nitrogen and oxygen atoms in total. The third kappa shape index (κ3) is 4.34. The molecular weight excluding hydrogens is 427 g/mol. The second-order valence-electron chi connectivity index (χ2n) is 6.23. The van der Waals surface area contributed by atoms with Crippen LogP contribution in [0.2, 0.25) is 5.02 Å². The minimum absolute atomic E-state index is 0.00369. The lowest BCUT2D eigenvalue weighted by Gasteiger charge is -2.13. The highest BCUT2D eigenvalue weighted by Crippen LogP contribution is 2.22. The van der Waals surface area contributed by atoms with Crippen molar-refractivity contribution in [3.05, 3.63) is 88.1 Å².